The molecule has 16 nitrogen and oxygen atoms in total. The van der Waals surface area contributed by atoms with Gasteiger partial charge in [0.25, 0.3) is 11.7 Å². The molecule has 0 radical (unpaired) electrons. The number of piperazine rings is 1. The fourth-order valence-electron chi connectivity index (χ4n) is 9.24. The third-order valence-corrected chi connectivity index (χ3v) is 13.5. The number of phenolic OH excluding ortho intramolecular Hbond substituents is 3. The van der Waals surface area contributed by atoms with E-state index in [2.05, 4.69) is 27.5 Å². The van der Waals surface area contributed by atoms with E-state index in [0.717, 1.165) is 32.5 Å². The smallest absolute Gasteiger partial charge is 0.312 e. The van der Waals surface area contributed by atoms with Crippen LogP contribution in [0.4, 0.5) is 5.69 Å². The number of carbonyl (C=O) groups excluding carboxylic acids is 3. The molecule has 0 aromatic heterocycles. The Morgan fingerprint density at radius 2 is 1.61 bits per heavy atom. The highest BCUT2D eigenvalue weighted by atomic mass is 16.7. The lowest BCUT2D eigenvalue weighted by Gasteiger charge is -2.38. The number of anilines is 1. The van der Waals surface area contributed by atoms with Crippen molar-refractivity contribution in [2.45, 2.75) is 98.4 Å². The van der Waals surface area contributed by atoms with Crippen molar-refractivity contribution in [2.24, 2.45) is 28.8 Å². The first-order chi connectivity index (χ1) is 31.8. The summed E-state index contributed by atoms with van der Waals surface area (Å²) in [6.07, 6.45) is 6.87. The van der Waals surface area contributed by atoms with Gasteiger partial charge < -0.3 is 49.8 Å². The van der Waals surface area contributed by atoms with Gasteiger partial charge in [-0.25, -0.2) is 0 Å². The number of benzene rings is 3. The summed E-state index contributed by atoms with van der Waals surface area (Å²) in [4.78, 5) is 43.2. The molecule has 5 bridgehead atoms. The zero-order valence-corrected chi connectivity index (χ0v) is 39.9. The van der Waals surface area contributed by atoms with E-state index >= 15 is 0 Å². The number of hydrogen-bond donors (Lipinski definition) is 6. The number of carbonyl (C=O) groups is 3. The number of hydrogen-bond acceptors (Lipinski definition) is 15. The molecule has 0 aliphatic carbocycles. The predicted molar refractivity (Wildman–Crippen MR) is 254 cm³/mol. The lowest BCUT2D eigenvalue weighted by atomic mass is 9.78. The first-order valence-electron chi connectivity index (χ1n) is 22.9. The van der Waals surface area contributed by atoms with Crippen LogP contribution in [0.1, 0.15) is 81.9 Å². The highest BCUT2D eigenvalue weighted by Gasteiger charge is 2.50. The van der Waals surface area contributed by atoms with E-state index in [1.54, 1.807) is 39.8 Å². The molecule has 4 heterocycles. The molecule has 3 aromatic carbocycles. The minimum absolute atomic E-state index is 0.0552. The van der Waals surface area contributed by atoms with Crippen LogP contribution in [0.3, 0.4) is 0 Å². The Balaban J connectivity index is 1.41. The molecule has 9 atom stereocenters. The van der Waals surface area contributed by atoms with Gasteiger partial charge in [-0.2, -0.15) is 5.10 Å². The third-order valence-electron chi connectivity index (χ3n) is 13.5. The van der Waals surface area contributed by atoms with Gasteiger partial charge in [0.2, 0.25) is 0 Å². The Hall–Kier alpha value is -5.94. The summed E-state index contributed by atoms with van der Waals surface area (Å²) in [5.41, 5.74) is 0.936. The number of hydrazone groups is 1. The van der Waals surface area contributed by atoms with Gasteiger partial charge in [0, 0.05) is 87.3 Å². The quantitative estimate of drug-likeness (QED) is 0.0629. The first kappa shape index (κ1) is 50.5. The number of fused-ring (bicyclic) bond motifs is 14. The van der Waals surface area contributed by atoms with Gasteiger partial charge in [0.15, 0.2) is 5.75 Å². The number of esters is 1. The maximum Gasteiger partial charge on any atom is 0.312 e. The second kappa shape index (κ2) is 21.3. The van der Waals surface area contributed by atoms with E-state index < -0.39 is 88.8 Å². The van der Waals surface area contributed by atoms with Crippen molar-refractivity contribution in [3.8, 4) is 23.0 Å². The van der Waals surface area contributed by atoms with Crippen LogP contribution in [0.5, 0.6) is 23.0 Å². The van der Waals surface area contributed by atoms with E-state index in [0.29, 0.717) is 13.1 Å². The number of aliphatic hydroxyl groups is 2. The summed E-state index contributed by atoms with van der Waals surface area (Å²) in [6, 6.07) is 10.3. The molecular weight excluding hydrogens is 861 g/mol. The zero-order valence-electron chi connectivity index (χ0n) is 39.9. The Kier molecular flexibility index (Phi) is 16.1. The molecule has 1 saturated heterocycles. The molecule has 6 N–H and O–H groups in total. The van der Waals surface area contributed by atoms with Crippen molar-refractivity contribution in [2.75, 3.05) is 45.2 Å². The second-order valence-electron chi connectivity index (χ2n) is 18.2. The summed E-state index contributed by atoms with van der Waals surface area (Å²) >= 11 is 0. The first-order valence-corrected chi connectivity index (χ1v) is 22.9. The number of ketones is 1. The zero-order chi connectivity index (χ0) is 48.9. The van der Waals surface area contributed by atoms with Crippen LogP contribution in [0.2, 0.25) is 0 Å². The number of nitrogens with one attached hydrogen (secondary N) is 1. The van der Waals surface area contributed by atoms with Gasteiger partial charge in [0.1, 0.15) is 23.4 Å². The minimum atomic E-state index is -2.06. The maximum atomic E-state index is 14.6. The normalized spacial score (nSPS) is 29.6. The van der Waals surface area contributed by atoms with Crippen molar-refractivity contribution in [3.05, 3.63) is 88.7 Å². The Bertz CT molecular complexity index is 2430. The molecule has 7 rings (SSSR count). The van der Waals surface area contributed by atoms with Crippen molar-refractivity contribution in [3.63, 3.8) is 0 Å². The molecule has 4 aliphatic heterocycles. The average Bonchev–Trinajstić information content (AvgIpc) is 3.57. The summed E-state index contributed by atoms with van der Waals surface area (Å²) in [7, 11) is 1.44. The number of ether oxygens (including phenoxy) is 4. The molecule has 67 heavy (non-hydrogen) atoms. The van der Waals surface area contributed by atoms with Crippen LogP contribution < -0.4 is 10.1 Å². The topological polar surface area (TPSA) is 220 Å². The fourth-order valence-corrected chi connectivity index (χ4v) is 9.24. The number of methoxy groups -OCH3 is 1. The summed E-state index contributed by atoms with van der Waals surface area (Å²) in [5, 5.41) is 67.7. The van der Waals surface area contributed by atoms with E-state index in [9.17, 15) is 39.9 Å². The van der Waals surface area contributed by atoms with Gasteiger partial charge >= 0.3 is 11.8 Å². The van der Waals surface area contributed by atoms with Crippen molar-refractivity contribution >= 4 is 40.3 Å². The van der Waals surface area contributed by atoms with Crippen LogP contribution in [-0.4, -0.2) is 129 Å². The number of aryl methyl sites for hydroxylation is 1. The van der Waals surface area contributed by atoms with Crippen LogP contribution >= 0.6 is 0 Å². The van der Waals surface area contributed by atoms with E-state index in [1.807, 2.05) is 23.2 Å². The Morgan fingerprint density at radius 3 is 2.27 bits per heavy atom. The lowest BCUT2D eigenvalue weighted by Crippen LogP contribution is -2.46. The number of rotatable bonds is 8. The van der Waals surface area contributed by atoms with E-state index in [1.165, 1.54) is 65.0 Å². The Morgan fingerprint density at radius 1 is 0.925 bits per heavy atom. The van der Waals surface area contributed by atoms with Gasteiger partial charge in [-0.3, -0.25) is 24.3 Å². The summed E-state index contributed by atoms with van der Waals surface area (Å²) in [5.74, 6) is -8.38. The molecule has 16 heteroatoms. The second-order valence-corrected chi connectivity index (χ2v) is 18.2. The molecule has 362 valence electrons. The molecule has 1 fully saturated rings. The molecular formula is C51H66N4O12. The molecule has 4 aliphatic rings. The van der Waals surface area contributed by atoms with E-state index in [-0.39, 0.29) is 44.5 Å². The number of amides is 1. The molecule has 1 amide bonds. The van der Waals surface area contributed by atoms with Gasteiger partial charge in [-0.1, -0.05) is 76.3 Å². The van der Waals surface area contributed by atoms with Crippen molar-refractivity contribution in [1.29, 1.82) is 0 Å². The number of aromatic hydroxyl groups is 3. The third kappa shape index (κ3) is 10.8. The monoisotopic (exact) mass is 926 g/mol. The standard InChI is InChI=1S/C51H66N4O12/c1-28-15-13-16-29(2)50(63)53-41-36(27-52-55-24-22-54(23-25-55)21-14-19-35-17-11-10-12-18-35)45(60)38-39(46(41)61)44(59)33(6)48-40(38)49(62)51(8,67-48)65-26-20-37(64-9)30(3)47(66-34(7)56)32(5)43(58)31(4)42(28)57/h10-13,15-18,20,26-28,30-32,37,42-43,47,57-61H,14,19,21-25H2,1-9H3,(H,53,63)/b15-13+,26-20+,29-16-,52-27?/t28-,30-,31+,32-,37-,42-,43+,47+,51-/m0/s1. The van der Waals surface area contributed by atoms with Crippen LogP contribution in [-0.2, 0) is 30.2 Å². The number of nitrogens with zero attached hydrogens (tertiary/aromatic N) is 3. The highest BCUT2D eigenvalue weighted by molar-refractivity contribution is 6.23. The SMILES string of the molecule is CO[C@H]1/C=C/O[C@@]2(C)Oc3c(C)c(O)c4c(O)c(c(C=NN5CCN(CCCc6ccccc6)CC5)c(O)c4c3C2=O)NC(=O)/C(C)=C\C=C\[C@H](C)[C@H](O)[C@@H](C)[C@@H](O)[C@H](C)[C@H](OC(C)=O)[C@H]1C. The highest BCUT2D eigenvalue weighted by Crippen LogP contribution is 2.55. The number of phenols is 3. The minimum Gasteiger partial charge on any atom is -0.507 e. The summed E-state index contributed by atoms with van der Waals surface area (Å²) in [6.45, 7) is 16.1. The van der Waals surface area contributed by atoms with Gasteiger partial charge in [-0.15, -0.1) is 0 Å². The Labute approximate surface area is 392 Å². The molecule has 0 saturated carbocycles. The summed E-state index contributed by atoms with van der Waals surface area (Å²) < 4.78 is 23.8. The number of aliphatic hydroxyl groups excluding tert-OH is 2. The average molecular weight is 927 g/mol. The maximum absolute atomic E-state index is 14.6. The molecule has 3 aromatic rings. The van der Waals surface area contributed by atoms with Crippen molar-refractivity contribution in [1.82, 2.24) is 9.91 Å². The van der Waals surface area contributed by atoms with E-state index in [4.69, 9.17) is 18.9 Å². The van der Waals surface area contributed by atoms with Gasteiger partial charge in [0.05, 0.1) is 53.0 Å². The van der Waals surface area contributed by atoms with Gasteiger partial charge in [-0.05, 0) is 44.9 Å². The van der Waals surface area contributed by atoms with Crippen LogP contribution in [0.25, 0.3) is 10.8 Å². The molecule has 0 unspecified atom stereocenters. The van der Waals surface area contributed by atoms with Crippen LogP contribution in [0, 0.1) is 30.6 Å². The van der Waals surface area contributed by atoms with Crippen molar-refractivity contribution < 1.29 is 58.9 Å². The predicted octanol–water partition coefficient (Wildman–Crippen LogP) is 6.34. The fraction of sp³-hybridized carbons (Fsp3) is 0.490. The lowest BCUT2D eigenvalue weighted by molar-refractivity contribution is -0.160. The van der Waals surface area contributed by atoms with Crippen LogP contribution in [0.15, 0.2) is 71.6 Å². The number of allylic oxidation sites excluding steroid dienone is 2. The largest absolute Gasteiger partial charge is 0.507 e. The number of Topliss-reactive ketones (excluding diaryl/α,β-unsaturated/α-hetero) is 1. The molecule has 0 spiro atoms.